The van der Waals surface area contributed by atoms with Gasteiger partial charge >= 0.3 is 5.97 Å². The number of halogens is 1. The second-order valence-electron chi connectivity index (χ2n) is 6.72. The third-order valence-corrected chi connectivity index (χ3v) is 6.10. The molecule has 0 aromatic heterocycles. The summed E-state index contributed by atoms with van der Waals surface area (Å²) < 4.78 is 31.8. The summed E-state index contributed by atoms with van der Waals surface area (Å²) in [5, 5.41) is 4.94. The fraction of sp³-hybridized carbons (Fsp3) is 0.182. The maximum Gasteiger partial charge on any atom is 0.321 e. The second-order valence-corrected chi connectivity index (χ2v) is 8.92. The molecule has 1 amide bonds. The Morgan fingerprint density at radius 2 is 1.65 bits per heavy atom. The zero-order chi connectivity index (χ0) is 22.3. The van der Waals surface area contributed by atoms with Gasteiger partial charge in [0.15, 0.2) is 6.61 Å². The highest BCUT2D eigenvalue weighted by Crippen LogP contribution is 2.18. The van der Waals surface area contributed by atoms with E-state index in [0.717, 1.165) is 16.3 Å². The first-order chi connectivity index (χ1) is 14.8. The Labute approximate surface area is 185 Å². The normalized spacial score (nSPS) is 11.3. The summed E-state index contributed by atoms with van der Waals surface area (Å²) in [6.45, 7) is -0.697. The third kappa shape index (κ3) is 6.78. The molecule has 3 aromatic carbocycles. The van der Waals surface area contributed by atoms with Gasteiger partial charge in [0, 0.05) is 11.6 Å². The molecule has 2 N–H and O–H groups in total. The topological polar surface area (TPSA) is 102 Å². The molecule has 0 atom stereocenters. The van der Waals surface area contributed by atoms with E-state index in [0.29, 0.717) is 18.0 Å². The Kier molecular flexibility index (Phi) is 7.62. The predicted molar refractivity (Wildman–Crippen MR) is 118 cm³/mol. The van der Waals surface area contributed by atoms with Crippen LogP contribution in [0.2, 0.25) is 5.02 Å². The minimum atomic E-state index is -3.89. The van der Waals surface area contributed by atoms with E-state index >= 15 is 0 Å². The van der Waals surface area contributed by atoms with Crippen LogP contribution in [-0.2, 0) is 30.8 Å². The number of ether oxygens (including phenoxy) is 1. The number of hydrogen-bond acceptors (Lipinski definition) is 5. The van der Waals surface area contributed by atoms with Crippen LogP contribution in [-0.4, -0.2) is 40.0 Å². The number of benzene rings is 3. The number of hydrogen-bond donors (Lipinski definition) is 2. The van der Waals surface area contributed by atoms with Crippen molar-refractivity contribution in [2.45, 2.75) is 11.3 Å². The number of amides is 1. The van der Waals surface area contributed by atoms with Crippen molar-refractivity contribution in [1.29, 1.82) is 0 Å². The number of fused-ring (bicyclic) bond motifs is 1. The summed E-state index contributed by atoms with van der Waals surface area (Å²) in [6, 6.07) is 19.3. The van der Waals surface area contributed by atoms with E-state index in [9.17, 15) is 18.0 Å². The van der Waals surface area contributed by atoms with E-state index in [1.807, 2.05) is 30.3 Å². The van der Waals surface area contributed by atoms with Crippen molar-refractivity contribution in [3.8, 4) is 0 Å². The number of rotatable bonds is 9. The lowest BCUT2D eigenvalue weighted by Crippen LogP contribution is -2.34. The average Bonchev–Trinajstić information content (AvgIpc) is 2.77. The van der Waals surface area contributed by atoms with Crippen molar-refractivity contribution in [3.63, 3.8) is 0 Å². The SMILES string of the molecule is O=C(COC(=O)CNS(=O)(=O)c1ccc2ccccc2c1)NCCc1ccc(Cl)cc1. The van der Waals surface area contributed by atoms with Gasteiger partial charge in [-0.05, 0) is 47.0 Å². The van der Waals surface area contributed by atoms with Crippen molar-refractivity contribution < 1.29 is 22.7 Å². The molecule has 0 aliphatic heterocycles. The van der Waals surface area contributed by atoms with E-state index < -0.39 is 35.1 Å². The molecule has 0 bridgehead atoms. The maximum absolute atomic E-state index is 12.4. The fourth-order valence-electron chi connectivity index (χ4n) is 2.82. The first-order valence-corrected chi connectivity index (χ1v) is 11.3. The van der Waals surface area contributed by atoms with Crippen molar-refractivity contribution in [2.24, 2.45) is 0 Å². The van der Waals surface area contributed by atoms with Gasteiger partial charge in [0.1, 0.15) is 6.54 Å². The van der Waals surface area contributed by atoms with Gasteiger partial charge < -0.3 is 10.1 Å². The molecule has 0 spiro atoms. The van der Waals surface area contributed by atoms with Crippen LogP contribution in [0.5, 0.6) is 0 Å². The predicted octanol–water partition coefficient (Wildman–Crippen LogP) is 2.67. The van der Waals surface area contributed by atoms with Gasteiger partial charge in [-0.15, -0.1) is 0 Å². The Morgan fingerprint density at radius 3 is 2.39 bits per heavy atom. The van der Waals surface area contributed by atoms with Gasteiger partial charge in [0.25, 0.3) is 5.91 Å². The summed E-state index contributed by atoms with van der Waals surface area (Å²) in [5.41, 5.74) is 1.00. The Morgan fingerprint density at radius 1 is 0.935 bits per heavy atom. The molecule has 3 aromatic rings. The van der Waals surface area contributed by atoms with E-state index in [1.54, 1.807) is 24.3 Å². The summed E-state index contributed by atoms with van der Waals surface area (Å²) >= 11 is 5.82. The molecule has 0 radical (unpaired) electrons. The maximum atomic E-state index is 12.4. The zero-order valence-electron chi connectivity index (χ0n) is 16.5. The Hall–Kier alpha value is -2.94. The summed E-state index contributed by atoms with van der Waals surface area (Å²) in [4.78, 5) is 23.7. The summed E-state index contributed by atoms with van der Waals surface area (Å²) in [7, 11) is -3.89. The van der Waals surface area contributed by atoms with Crippen molar-refractivity contribution in [2.75, 3.05) is 19.7 Å². The van der Waals surface area contributed by atoms with Crippen LogP contribution in [0.4, 0.5) is 0 Å². The molecule has 0 aliphatic rings. The first-order valence-electron chi connectivity index (χ1n) is 9.49. The fourth-order valence-corrected chi connectivity index (χ4v) is 3.95. The molecular weight excluding hydrogens is 440 g/mol. The molecule has 0 unspecified atom stereocenters. The van der Waals surface area contributed by atoms with Crippen LogP contribution in [0.25, 0.3) is 10.8 Å². The van der Waals surface area contributed by atoms with Crippen LogP contribution >= 0.6 is 11.6 Å². The van der Waals surface area contributed by atoms with Crippen LogP contribution < -0.4 is 10.0 Å². The lowest BCUT2D eigenvalue weighted by Gasteiger charge is -2.09. The highest BCUT2D eigenvalue weighted by atomic mass is 35.5. The van der Waals surface area contributed by atoms with E-state index in [4.69, 9.17) is 16.3 Å². The average molecular weight is 461 g/mol. The van der Waals surface area contributed by atoms with Crippen LogP contribution in [0.3, 0.4) is 0 Å². The molecule has 0 saturated heterocycles. The van der Waals surface area contributed by atoms with Gasteiger partial charge in [-0.25, -0.2) is 8.42 Å². The zero-order valence-corrected chi connectivity index (χ0v) is 18.1. The molecule has 0 heterocycles. The van der Waals surface area contributed by atoms with E-state index in [2.05, 4.69) is 10.0 Å². The number of nitrogens with one attached hydrogen (secondary N) is 2. The first kappa shape index (κ1) is 22.7. The minimum Gasteiger partial charge on any atom is -0.455 e. The molecule has 31 heavy (non-hydrogen) atoms. The van der Waals surface area contributed by atoms with Gasteiger partial charge in [-0.2, -0.15) is 4.72 Å². The minimum absolute atomic E-state index is 0.0407. The smallest absolute Gasteiger partial charge is 0.321 e. The highest BCUT2D eigenvalue weighted by molar-refractivity contribution is 7.89. The number of carbonyl (C=O) groups excluding carboxylic acids is 2. The van der Waals surface area contributed by atoms with Crippen LogP contribution in [0.1, 0.15) is 5.56 Å². The van der Waals surface area contributed by atoms with Crippen molar-refractivity contribution >= 4 is 44.3 Å². The summed E-state index contributed by atoms with van der Waals surface area (Å²) in [6.07, 6.45) is 0.600. The van der Waals surface area contributed by atoms with Crippen LogP contribution in [0, 0.1) is 0 Å². The molecule has 0 saturated carbocycles. The molecule has 0 aliphatic carbocycles. The molecule has 0 fully saturated rings. The van der Waals surface area contributed by atoms with E-state index in [1.165, 1.54) is 12.1 Å². The lowest BCUT2D eigenvalue weighted by molar-refractivity contribution is -0.147. The monoisotopic (exact) mass is 460 g/mol. The Balaban J connectivity index is 1.41. The highest BCUT2D eigenvalue weighted by Gasteiger charge is 2.17. The third-order valence-electron chi connectivity index (χ3n) is 4.45. The van der Waals surface area contributed by atoms with Gasteiger partial charge in [0.2, 0.25) is 10.0 Å². The number of carbonyl (C=O) groups is 2. The standard InChI is InChI=1S/C22H21ClN2O5S/c23-19-8-5-16(6-9-19)11-12-24-21(26)15-30-22(27)14-25-31(28,29)20-10-7-17-3-1-2-4-18(17)13-20/h1-10,13,25H,11-12,14-15H2,(H,24,26). The number of esters is 1. The van der Waals surface area contributed by atoms with Crippen molar-refractivity contribution in [3.05, 3.63) is 77.3 Å². The number of sulfonamides is 1. The van der Waals surface area contributed by atoms with Gasteiger partial charge in [-0.3, -0.25) is 9.59 Å². The lowest BCUT2D eigenvalue weighted by atomic mass is 10.1. The largest absolute Gasteiger partial charge is 0.455 e. The molecule has 162 valence electrons. The molecule has 9 heteroatoms. The quantitative estimate of drug-likeness (QED) is 0.478. The van der Waals surface area contributed by atoms with Crippen molar-refractivity contribution in [1.82, 2.24) is 10.0 Å². The molecule has 7 nitrogen and oxygen atoms in total. The second kappa shape index (κ2) is 10.4. The molecular formula is C22H21ClN2O5S. The Bertz CT molecular complexity index is 1180. The molecule has 3 rings (SSSR count). The van der Waals surface area contributed by atoms with Crippen LogP contribution in [0.15, 0.2) is 71.6 Å². The van der Waals surface area contributed by atoms with E-state index in [-0.39, 0.29) is 4.90 Å². The van der Waals surface area contributed by atoms with Gasteiger partial charge in [-0.1, -0.05) is 54.1 Å². The van der Waals surface area contributed by atoms with Gasteiger partial charge in [0.05, 0.1) is 4.90 Å². The summed E-state index contributed by atoms with van der Waals surface area (Å²) in [5.74, 6) is -1.32.